The monoisotopic (exact) mass is 369 g/mol. The maximum atomic E-state index is 12.3. The summed E-state index contributed by atoms with van der Waals surface area (Å²) in [5.74, 6) is 0.803. The Kier molecular flexibility index (Phi) is 5.17. The molecule has 4 rings (SSSR count). The van der Waals surface area contributed by atoms with E-state index in [9.17, 15) is 10.1 Å². The predicted molar refractivity (Wildman–Crippen MR) is 101 cm³/mol. The number of aromatic nitrogens is 1. The lowest BCUT2D eigenvalue weighted by atomic mass is 9.95. The van der Waals surface area contributed by atoms with E-state index in [1.165, 1.54) is 0 Å². The van der Waals surface area contributed by atoms with Crippen molar-refractivity contribution in [1.29, 1.82) is 5.26 Å². The van der Waals surface area contributed by atoms with Crippen molar-refractivity contribution in [2.45, 2.75) is 50.7 Å². The highest BCUT2D eigenvalue weighted by molar-refractivity contribution is 5.69. The van der Waals surface area contributed by atoms with Crippen LogP contribution in [0.2, 0.25) is 0 Å². The molecule has 2 unspecified atom stereocenters. The summed E-state index contributed by atoms with van der Waals surface area (Å²) < 4.78 is 5.26. The summed E-state index contributed by atoms with van der Waals surface area (Å²) in [6.07, 6.45) is 5.90. The highest BCUT2D eigenvalue weighted by atomic mass is 16.6. The number of carbonyl (C=O) groups excluding carboxylic acids is 1. The number of ether oxygens (including phenoxy) is 1. The number of anilines is 1. The molecule has 3 aliphatic rings. The molecule has 3 fully saturated rings. The number of hydrogen-bond donors (Lipinski definition) is 0. The molecule has 0 saturated carbocycles. The van der Waals surface area contributed by atoms with Gasteiger partial charge < -0.3 is 14.5 Å². The number of fused-ring (bicyclic) bond motifs is 2. The van der Waals surface area contributed by atoms with Crippen molar-refractivity contribution in [3.8, 4) is 6.07 Å². The normalized spacial score (nSPS) is 28.1. The Morgan fingerprint density at radius 3 is 2.56 bits per heavy atom. The van der Waals surface area contributed by atoms with Gasteiger partial charge >= 0.3 is 6.09 Å². The van der Waals surface area contributed by atoms with Crippen LogP contribution in [0.5, 0.6) is 0 Å². The molecular weight excluding hydrogens is 342 g/mol. The summed E-state index contributed by atoms with van der Waals surface area (Å²) in [4.78, 5) is 23.5. The van der Waals surface area contributed by atoms with Gasteiger partial charge in [0, 0.05) is 50.5 Å². The third kappa shape index (κ3) is 3.46. The summed E-state index contributed by atoms with van der Waals surface area (Å²) in [5, 5.41) is 9.31. The topological polar surface area (TPSA) is 72.7 Å². The summed E-state index contributed by atoms with van der Waals surface area (Å²) >= 11 is 0. The predicted octanol–water partition coefficient (Wildman–Crippen LogP) is 2.23. The second-order valence-electron chi connectivity index (χ2n) is 7.63. The van der Waals surface area contributed by atoms with Crippen LogP contribution in [0.25, 0.3) is 0 Å². The molecule has 144 valence electrons. The van der Waals surface area contributed by atoms with Crippen LogP contribution in [0.1, 0.15) is 38.2 Å². The minimum atomic E-state index is -0.132. The minimum absolute atomic E-state index is 0.132. The van der Waals surface area contributed by atoms with Crippen molar-refractivity contribution in [1.82, 2.24) is 14.8 Å². The first-order chi connectivity index (χ1) is 13.2. The maximum absolute atomic E-state index is 12.3. The Hall–Kier alpha value is -2.33. The quantitative estimate of drug-likeness (QED) is 0.814. The van der Waals surface area contributed by atoms with Crippen molar-refractivity contribution < 1.29 is 9.53 Å². The van der Waals surface area contributed by atoms with E-state index in [-0.39, 0.29) is 6.09 Å². The first kappa shape index (κ1) is 18.1. The van der Waals surface area contributed by atoms with Gasteiger partial charge in [-0.15, -0.1) is 0 Å². The summed E-state index contributed by atoms with van der Waals surface area (Å²) in [6, 6.07) is 7.08. The lowest BCUT2D eigenvalue weighted by molar-refractivity contribution is 0.0396. The van der Waals surface area contributed by atoms with Crippen LogP contribution in [0, 0.1) is 11.3 Å². The Bertz CT molecular complexity index is 711. The molecule has 4 heterocycles. The molecule has 0 aromatic carbocycles. The van der Waals surface area contributed by atoms with Crippen LogP contribution in [0.4, 0.5) is 10.6 Å². The standard InChI is InChI=1S/C20H27N5O2/c1-2-27-20(26)25-16-5-6-17(25)13-18(12-16)23-8-10-24(11-9-23)19-15(14-21)4-3-7-22-19/h3-4,7,16-18H,2,5-6,8-13H2,1H3. The van der Waals surface area contributed by atoms with Crippen LogP contribution in [-0.4, -0.2) is 71.8 Å². The maximum Gasteiger partial charge on any atom is 0.410 e. The Morgan fingerprint density at radius 2 is 1.93 bits per heavy atom. The molecule has 2 atom stereocenters. The number of amides is 1. The van der Waals surface area contributed by atoms with Gasteiger partial charge in [-0.2, -0.15) is 5.26 Å². The lowest BCUT2D eigenvalue weighted by Crippen LogP contribution is -2.56. The minimum Gasteiger partial charge on any atom is -0.450 e. The highest BCUT2D eigenvalue weighted by Crippen LogP contribution is 2.38. The van der Waals surface area contributed by atoms with E-state index >= 15 is 0 Å². The van der Waals surface area contributed by atoms with Crippen molar-refractivity contribution >= 4 is 11.9 Å². The van der Waals surface area contributed by atoms with Crippen molar-refractivity contribution in [2.24, 2.45) is 0 Å². The fraction of sp³-hybridized carbons (Fsp3) is 0.650. The van der Waals surface area contributed by atoms with E-state index in [2.05, 4.69) is 20.9 Å². The number of rotatable bonds is 3. The second-order valence-corrected chi connectivity index (χ2v) is 7.63. The first-order valence-corrected chi connectivity index (χ1v) is 10.0. The molecule has 0 spiro atoms. The van der Waals surface area contributed by atoms with Gasteiger partial charge in [0.15, 0.2) is 0 Å². The molecule has 27 heavy (non-hydrogen) atoms. The molecule has 7 heteroatoms. The molecule has 0 aliphatic carbocycles. The van der Waals surface area contributed by atoms with Gasteiger partial charge in [-0.05, 0) is 44.7 Å². The van der Waals surface area contributed by atoms with Gasteiger partial charge in [0.1, 0.15) is 11.9 Å². The van der Waals surface area contributed by atoms with Gasteiger partial charge in [0.25, 0.3) is 0 Å². The third-order valence-corrected chi connectivity index (χ3v) is 6.22. The molecular formula is C20H27N5O2. The molecule has 1 aromatic heterocycles. The number of carbonyl (C=O) groups is 1. The molecule has 7 nitrogen and oxygen atoms in total. The van der Waals surface area contributed by atoms with Crippen molar-refractivity contribution in [3.05, 3.63) is 23.9 Å². The zero-order valence-corrected chi connectivity index (χ0v) is 15.9. The third-order valence-electron chi connectivity index (χ3n) is 6.22. The molecule has 0 N–H and O–H groups in total. The largest absolute Gasteiger partial charge is 0.450 e. The van der Waals surface area contributed by atoms with Gasteiger partial charge in [-0.1, -0.05) is 0 Å². The number of piperazine rings is 1. The molecule has 0 radical (unpaired) electrons. The van der Waals surface area contributed by atoms with Gasteiger partial charge in [-0.25, -0.2) is 9.78 Å². The van der Waals surface area contributed by atoms with E-state index in [0.717, 1.165) is 57.7 Å². The van der Waals surface area contributed by atoms with Crippen LogP contribution >= 0.6 is 0 Å². The molecule has 1 amide bonds. The average molecular weight is 369 g/mol. The van der Waals surface area contributed by atoms with Crippen LogP contribution in [-0.2, 0) is 4.74 Å². The van der Waals surface area contributed by atoms with E-state index < -0.39 is 0 Å². The fourth-order valence-electron chi connectivity index (χ4n) is 4.98. The SMILES string of the molecule is CCOC(=O)N1C2CCC1CC(N1CCN(c3ncccc3C#N)CC1)C2. The zero-order valence-electron chi connectivity index (χ0n) is 15.9. The average Bonchev–Trinajstić information content (AvgIpc) is 2.98. The Labute approximate surface area is 160 Å². The van der Waals surface area contributed by atoms with E-state index in [0.29, 0.717) is 30.3 Å². The molecule has 3 aliphatic heterocycles. The summed E-state index contributed by atoms with van der Waals surface area (Å²) in [6.45, 7) is 6.04. The molecule has 2 bridgehead atoms. The number of nitriles is 1. The van der Waals surface area contributed by atoms with Crippen LogP contribution in [0.3, 0.4) is 0 Å². The Morgan fingerprint density at radius 1 is 1.22 bits per heavy atom. The number of hydrogen-bond acceptors (Lipinski definition) is 6. The van der Waals surface area contributed by atoms with Gasteiger partial charge in [0.05, 0.1) is 12.2 Å². The summed E-state index contributed by atoms with van der Waals surface area (Å²) in [5.41, 5.74) is 0.645. The first-order valence-electron chi connectivity index (χ1n) is 10.0. The number of nitrogens with zero attached hydrogens (tertiary/aromatic N) is 5. The van der Waals surface area contributed by atoms with Crippen molar-refractivity contribution in [3.63, 3.8) is 0 Å². The number of piperidine rings is 1. The smallest absolute Gasteiger partial charge is 0.410 e. The van der Waals surface area contributed by atoms with Gasteiger partial charge in [0.2, 0.25) is 0 Å². The Balaban J connectivity index is 1.36. The fourth-order valence-corrected chi connectivity index (χ4v) is 4.98. The van der Waals surface area contributed by atoms with Crippen LogP contribution in [0.15, 0.2) is 18.3 Å². The highest BCUT2D eigenvalue weighted by Gasteiger charge is 2.45. The van der Waals surface area contributed by atoms with Crippen LogP contribution < -0.4 is 4.90 Å². The van der Waals surface area contributed by atoms with E-state index in [4.69, 9.17) is 4.74 Å². The second kappa shape index (κ2) is 7.73. The van der Waals surface area contributed by atoms with Gasteiger partial charge in [-0.3, -0.25) is 4.90 Å². The lowest BCUT2D eigenvalue weighted by Gasteiger charge is -2.45. The molecule has 3 saturated heterocycles. The summed E-state index contributed by atoms with van der Waals surface area (Å²) in [7, 11) is 0. The van der Waals surface area contributed by atoms with E-state index in [1.807, 2.05) is 24.0 Å². The molecule has 1 aromatic rings. The van der Waals surface area contributed by atoms with Crippen molar-refractivity contribution in [2.75, 3.05) is 37.7 Å². The number of pyridine rings is 1. The van der Waals surface area contributed by atoms with E-state index in [1.54, 1.807) is 6.20 Å². The zero-order chi connectivity index (χ0) is 18.8.